The Labute approximate surface area is 163 Å². The van der Waals surface area contributed by atoms with Gasteiger partial charge in [0.05, 0.1) is 12.0 Å². The van der Waals surface area contributed by atoms with Crippen LogP contribution in [0.2, 0.25) is 0 Å². The summed E-state index contributed by atoms with van der Waals surface area (Å²) in [4.78, 5) is 18.6. The lowest BCUT2D eigenvalue weighted by atomic mass is 10.2. The number of aromatic nitrogens is 1. The second-order valence-corrected chi connectivity index (χ2v) is 7.18. The molecule has 5 nitrogen and oxygen atoms in total. The molecule has 0 bridgehead atoms. The highest BCUT2D eigenvalue weighted by Crippen LogP contribution is 2.24. The maximum Gasteiger partial charge on any atom is 0.261 e. The van der Waals surface area contributed by atoms with Crippen molar-refractivity contribution in [1.29, 1.82) is 0 Å². The monoisotopic (exact) mass is 382 g/mol. The number of carbonyl (C=O) groups is 1. The normalized spacial score (nSPS) is 10.5. The van der Waals surface area contributed by atoms with E-state index >= 15 is 0 Å². The fraction of sp³-hybridized carbons (Fsp3) is 0.238. The predicted molar refractivity (Wildman–Crippen MR) is 107 cm³/mol. The highest BCUT2D eigenvalue weighted by atomic mass is 32.1. The minimum atomic E-state index is -0.0560. The number of carbonyl (C=O) groups excluding carboxylic acids is 1. The molecule has 1 amide bonds. The summed E-state index contributed by atoms with van der Waals surface area (Å²) in [6.45, 7) is 4.56. The highest BCUT2D eigenvalue weighted by Gasteiger charge is 2.11. The van der Waals surface area contributed by atoms with Crippen LogP contribution in [0.4, 0.5) is 0 Å². The number of thiophene rings is 1. The first-order valence-electron chi connectivity index (χ1n) is 8.73. The fourth-order valence-corrected chi connectivity index (χ4v) is 3.64. The van der Waals surface area contributed by atoms with Gasteiger partial charge in [0.2, 0.25) is 5.88 Å². The van der Waals surface area contributed by atoms with E-state index < -0.39 is 0 Å². The van der Waals surface area contributed by atoms with Gasteiger partial charge in [-0.25, -0.2) is 4.98 Å². The fourth-order valence-electron chi connectivity index (χ4n) is 2.61. The van der Waals surface area contributed by atoms with Crippen molar-refractivity contribution in [3.05, 3.63) is 69.5 Å². The van der Waals surface area contributed by atoms with Gasteiger partial charge < -0.3 is 14.8 Å². The van der Waals surface area contributed by atoms with Crippen LogP contribution in [0.3, 0.4) is 0 Å². The molecule has 3 aromatic rings. The van der Waals surface area contributed by atoms with Gasteiger partial charge in [0.1, 0.15) is 11.5 Å². The molecule has 0 aliphatic heterocycles. The highest BCUT2D eigenvalue weighted by molar-refractivity contribution is 7.14. The van der Waals surface area contributed by atoms with Gasteiger partial charge in [-0.3, -0.25) is 4.79 Å². The van der Waals surface area contributed by atoms with Crippen LogP contribution in [-0.2, 0) is 13.0 Å². The number of ether oxygens (including phenoxy) is 2. The van der Waals surface area contributed by atoms with Crippen molar-refractivity contribution < 1.29 is 14.3 Å². The molecule has 0 radical (unpaired) electrons. The Morgan fingerprint density at radius 1 is 1.19 bits per heavy atom. The van der Waals surface area contributed by atoms with Gasteiger partial charge in [-0.05, 0) is 42.7 Å². The van der Waals surface area contributed by atoms with Crippen LogP contribution in [0, 0.1) is 6.92 Å². The van der Waals surface area contributed by atoms with E-state index in [0.717, 1.165) is 22.6 Å². The van der Waals surface area contributed by atoms with E-state index in [0.29, 0.717) is 18.2 Å². The van der Waals surface area contributed by atoms with Crippen molar-refractivity contribution in [2.24, 2.45) is 0 Å². The molecule has 140 valence electrons. The van der Waals surface area contributed by atoms with Gasteiger partial charge in [-0.2, -0.15) is 0 Å². The summed E-state index contributed by atoms with van der Waals surface area (Å²) in [6.07, 6.45) is 2.65. The van der Waals surface area contributed by atoms with E-state index in [1.807, 2.05) is 37.3 Å². The van der Waals surface area contributed by atoms with Crippen LogP contribution >= 0.6 is 11.3 Å². The van der Waals surface area contributed by atoms with Gasteiger partial charge in [0.15, 0.2) is 0 Å². The lowest BCUT2D eigenvalue weighted by Crippen LogP contribution is -2.21. The van der Waals surface area contributed by atoms with Gasteiger partial charge in [-0.15, -0.1) is 11.3 Å². The van der Waals surface area contributed by atoms with Gasteiger partial charge in [0, 0.05) is 29.8 Å². The zero-order chi connectivity index (χ0) is 19.2. The van der Waals surface area contributed by atoms with Gasteiger partial charge >= 0.3 is 0 Å². The molecule has 1 aromatic carbocycles. The molecule has 6 heteroatoms. The number of amides is 1. The number of hydrogen-bond acceptors (Lipinski definition) is 5. The van der Waals surface area contributed by atoms with Crippen LogP contribution in [0.1, 0.15) is 32.6 Å². The second kappa shape index (κ2) is 8.68. The molecular weight excluding hydrogens is 360 g/mol. The number of pyridine rings is 1. The van der Waals surface area contributed by atoms with E-state index in [-0.39, 0.29) is 5.91 Å². The Balaban J connectivity index is 1.57. The zero-order valence-electron chi connectivity index (χ0n) is 15.6. The third-order valence-corrected chi connectivity index (χ3v) is 5.46. The molecule has 0 saturated carbocycles. The first-order chi connectivity index (χ1) is 13.1. The van der Waals surface area contributed by atoms with Crippen LogP contribution in [-0.4, -0.2) is 18.0 Å². The number of benzene rings is 1. The third kappa shape index (κ3) is 4.86. The summed E-state index contributed by atoms with van der Waals surface area (Å²) >= 11 is 1.55. The molecule has 2 heterocycles. The van der Waals surface area contributed by atoms with Crippen LogP contribution in [0.15, 0.2) is 48.7 Å². The zero-order valence-corrected chi connectivity index (χ0v) is 16.4. The molecular formula is C21H22N2O3S. The molecule has 3 rings (SSSR count). The minimum absolute atomic E-state index is 0.0560. The van der Waals surface area contributed by atoms with Crippen LogP contribution < -0.4 is 14.8 Å². The molecule has 1 N–H and O–H groups in total. The van der Waals surface area contributed by atoms with E-state index in [9.17, 15) is 4.79 Å². The molecule has 0 atom stereocenters. The quantitative estimate of drug-likeness (QED) is 0.641. The predicted octanol–water partition coefficient (Wildman–Crippen LogP) is 4.74. The molecule has 0 aliphatic carbocycles. The number of rotatable bonds is 7. The number of methoxy groups -OCH3 is 1. The SMILES string of the molecule is CCc1sc(C(=O)NCc2ccc(Oc3cccc(OC)c3)nc2)cc1C. The Morgan fingerprint density at radius 3 is 2.67 bits per heavy atom. The Morgan fingerprint density at radius 2 is 2.00 bits per heavy atom. The molecule has 0 unspecified atom stereocenters. The van der Waals surface area contributed by atoms with Crippen molar-refractivity contribution in [1.82, 2.24) is 10.3 Å². The Hall–Kier alpha value is -2.86. The standard InChI is InChI=1S/C21H22N2O3S/c1-4-18-14(2)10-19(27-18)21(24)23-13-15-8-9-20(22-12-15)26-17-7-5-6-16(11-17)25-3/h5-12H,4,13H2,1-3H3,(H,23,24). The minimum Gasteiger partial charge on any atom is -0.497 e. The summed E-state index contributed by atoms with van der Waals surface area (Å²) in [5, 5.41) is 2.94. The van der Waals surface area contributed by atoms with Crippen molar-refractivity contribution in [2.45, 2.75) is 26.8 Å². The number of aryl methyl sites for hydroxylation is 2. The lowest BCUT2D eigenvalue weighted by molar-refractivity contribution is 0.0955. The maximum absolute atomic E-state index is 12.3. The van der Waals surface area contributed by atoms with Crippen LogP contribution in [0.25, 0.3) is 0 Å². The molecule has 2 aromatic heterocycles. The summed E-state index contributed by atoms with van der Waals surface area (Å²) < 4.78 is 10.9. The van der Waals surface area contributed by atoms with Crippen molar-refractivity contribution in [3.8, 4) is 17.4 Å². The Bertz CT molecular complexity index is 919. The smallest absolute Gasteiger partial charge is 0.261 e. The molecule has 0 spiro atoms. The summed E-state index contributed by atoms with van der Waals surface area (Å²) in [5.74, 6) is 1.81. The van der Waals surface area contributed by atoms with E-state index in [2.05, 4.69) is 17.2 Å². The Kier molecular flexibility index (Phi) is 6.08. The first kappa shape index (κ1) is 18.9. The van der Waals surface area contributed by atoms with Crippen molar-refractivity contribution in [2.75, 3.05) is 7.11 Å². The van der Waals surface area contributed by atoms with E-state index in [1.54, 1.807) is 36.8 Å². The molecule has 0 fully saturated rings. The van der Waals surface area contributed by atoms with E-state index in [1.165, 1.54) is 10.4 Å². The maximum atomic E-state index is 12.3. The largest absolute Gasteiger partial charge is 0.497 e. The lowest BCUT2D eigenvalue weighted by Gasteiger charge is -2.08. The third-order valence-electron chi connectivity index (χ3n) is 4.08. The number of hydrogen-bond donors (Lipinski definition) is 1. The van der Waals surface area contributed by atoms with Gasteiger partial charge in [0.25, 0.3) is 5.91 Å². The average Bonchev–Trinajstić information content (AvgIpc) is 3.08. The van der Waals surface area contributed by atoms with Gasteiger partial charge in [-0.1, -0.05) is 19.1 Å². The first-order valence-corrected chi connectivity index (χ1v) is 9.55. The molecule has 0 saturated heterocycles. The van der Waals surface area contributed by atoms with Crippen molar-refractivity contribution in [3.63, 3.8) is 0 Å². The molecule has 27 heavy (non-hydrogen) atoms. The topological polar surface area (TPSA) is 60.5 Å². The summed E-state index contributed by atoms with van der Waals surface area (Å²) in [6, 6.07) is 13.0. The summed E-state index contributed by atoms with van der Waals surface area (Å²) in [7, 11) is 1.61. The second-order valence-electron chi connectivity index (χ2n) is 6.04. The van der Waals surface area contributed by atoms with Crippen LogP contribution in [0.5, 0.6) is 17.4 Å². The van der Waals surface area contributed by atoms with Crippen molar-refractivity contribution >= 4 is 17.2 Å². The molecule has 0 aliphatic rings. The average molecular weight is 382 g/mol. The summed E-state index contributed by atoms with van der Waals surface area (Å²) in [5.41, 5.74) is 2.08. The number of nitrogens with one attached hydrogen (secondary N) is 1. The van der Waals surface area contributed by atoms with E-state index in [4.69, 9.17) is 9.47 Å². The number of nitrogens with zero attached hydrogens (tertiary/aromatic N) is 1.